The molecule has 7 rings (SSSR count). The molecule has 2 heterocycles. The van der Waals surface area contributed by atoms with Gasteiger partial charge in [-0.3, -0.25) is 9.69 Å². The molecule has 57 heavy (non-hydrogen) atoms. The quantitative estimate of drug-likeness (QED) is 0.0963. The maximum Gasteiger partial charge on any atom is 0.241 e. The van der Waals surface area contributed by atoms with Crippen molar-refractivity contribution in [3.63, 3.8) is 0 Å². The number of carbonyl (C=O) groups is 1. The first-order chi connectivity index (χ1) is 27.7. The maximum absolute atomic E-state index is 13.8. The van der Waals surface area contributed by atoms with Crippen LogP contribution in [0.4, 0.5) is 0 Å². The summed E-state index contributed by atoms with van der Waals surface area (Å²) in [6.45, 7) is 3.81. The molecule has 2 aliphatic rings. The number of nitrogens with one attached hydrogen (secondary N) is 2. The highest BCUT2D eigenvalue weighted by Gasteiger charge is 2.35. The fraction of sp³-hybridized carbons (Fsp3) is 0.326. The van der Waals surface area contributed by atoms with E-state index in [0.29, 0.717) is 13.0 Å². The monoisotopic (exact) mass is 789 g/mol. The van der Waals surface area contributed by atoms with E-state index in [2.05, 4.69) is 14.9 Å². The van der Waals surface area contributed by atoms with Crippen molar-refractivity contribution in [1.82, 2.24) is 14.9 Å². The molecule has 5 aromatic carbocycles. The van der Waals surface area contributed by atoms with Gasteiger partial charge in [-0.2, -0.15) is 4.72 Å². The van der Waals surface area contributed by atoms with Gasteiger partial charge in [-0.05, 0) is 78.2 Å². The molecule has 298 valence electrons. The fourth-order valence-corrected chi connectivity index (χ4v) is 8.92. The summed E-state index contributed by atoms with van der Waals surface area (Å²) < 4.78 is 42.7. The van der Waals surface area contributed by atoms with Crippen molar-refractivity contribution in [2.75, 3.05) is 19.7 Å². The van der Waals surface area contributed by atoms with E-state index in [0.717, 1.165) is 63.9 Å². The van der Waals surface area contributed by atoms with Crippen molar-refractivity contribution < 1.29 is 32.9 Å². The predicted octanol–water partition coefficient (Wildman–Crippen LogP) is 6.36. The fourth-order valence-electron chi connectivity index (χ4n) is 7.73. The van der Waals surface area contributed by atoms with Gasteiger partial charge in [-0.25, -0.2) is 8.42 Å². The first kappa shape index (κ1) is 40.5. The number of aliphatic hydroxyl groups is 2. The normalized spacial score (nSPS) is 20.6. The molecule has 0 unspecified atom stereocenters. The SMILES string of the molecule is Cc1ccc(S(=O)(=O)N[C@H](Cc2ccccc2)C(=O)NCc2ccccc2-c2ccc([C@@H]3O[C@H](CN4CCC[C@H]4CO)C[C@H](c4ccc(CO)cc4)O3)cc2)cc1. The molecule has 0 bridgehead atoms. The van der Waals surface area contributed by atoms with E-state index in [4.69, 9.17) is 9.47 Å². The molecular formula is C46H51N3O7S. The number of amides is 1. The minimum absolute atomic E-state index is 0.0234. The third kappa shape index (κ3) is 10.2. The van der Waals surface area contributed by atoms with Gasteiger partial charge >= 0.3 is 0 Å². The van der Waals surface area contributed by atoms with Crippen molar-refractivity contribution in [1.29, 1.82) is 0 Å². The van der Waals surface area contributed by atoms with Crippen LogP contribution in [-0.2, 0) is 43.9 Å². The molecule has 1 amide bonds. The lowest BCUT2D eigenvalue weighted by Crippen LogP contribution is -2.47. The summed E-state index contributed by atoms with van der Waals surface area (Å²) in [5.41, 5.74) is 7.24. The molecule has 2 aliphatic heterocycles. The van der Waals surface area contributed by atoms with Crippen molar-refractivity contribution in [3.05, 3.63) is 161 Å². The van der Waals surface area contributed by atoms with E-state index < -0.39 is 28.3 Å². The Labute approximate surface area is 335 Å². The van der Waals surface area contributed by atoms with Gasteiger partial charge in [-0.1, -0.05) is 121 Å². The Morgan fingerprint density at radius 2 is 1.53 bits per heavy atom. The van der Waals surface area contributed by atoms with Gasteiger partial charge in [0.05, 0.1) is 30.3 Å². The van der Waals surface area contributed by atoms with E-state index in [1.807, 2.05) is 110 Å². The van der Waals surface area contributed by atoms with Crippen molar-refractivity contribution in [3.8, 4) is 11.1 Å². The highest BCUT2D eigenvalue weighted by Crippen LogP contribution is 2.39. The molecule has 10 nitrogen and oxygen atoms in total. The lowest BCUT2D eigenvalue weighted by Gasteiger charge is -2.38. The molecule has 2 saturated heterocycles. The van der Waals surface area contributed by atoms with Gasteiger partial charge in [0.25, 0.3) is 0 Å². The van der Waals surface area contributed by atoms with Gasteiger partial charge < -0.3 is 25.0 Å². The first-order valence-corrected chi connectivity index (χ1v) is 21.1. The van der Waals surface area contributed by atoms with E-state index in [1.165, 1.54) is 0 Å². The Kier molecular flexibility index (Phi) is 13.3. The molecule has 11 heteroatoms. The second-order valence-corrected chi connectivity index (χ2v) is 16.7. The lowest BCUT2D eigenvalue weighted by molar-refractivity contribution is -0.253. The summed E-state index contributed by atoms with van der Waals surface area (Å²) in [7, 11) is -3.98. The Morgan fingerprint density at radius 3 is 2.25 bits per heavy atom. The molecule has 0 saturated carbocycles. The van der Waals surface area contributed by atoms with Gasteiger partial charge in [0.15, 0.2) is 6.29 Å². The van der Waals surface area contributed by atoms with E-state index in [1.54, 1.807) is 24.3 Å². The minimum Gasteiger partial charge on any atom is -0.395 e. The molecule has 5 atom stereocenters. The average molecular weight is 790 g/mol. The second kappa shape index (κ2) is 18.7. The van der Waals surface area contributed by atoms with Crippen LogP contribution < -0.4 is 10.0 Å². The number of hydrogen-bond donors (Lipinski definition) is 4. The average Bonchev–Trinajstić information content (AvgIpc) is 3.70. The molecule has 0 radical (unpaired) electrons. The van der Waals surface area contributed by atoms with Crippen LogP contribution in [0.15, 0.2) is 132 Å². The number of aliphatic hydroxyl groups excluding tert-OH is 2. The largest absolute Gasteiger partial charge is 0.395 e. The lowest BCUT2D eigenvalue weighted by atomic mass is 9.97. The van der Waals surface area contributed by atoms with Crippen LogP contribution in [0.5, 0.6) is 0 Å². The minimum atomic E-state index is -3.98. The van der Waals surface area contributed by atoms with Gasteiger partial charge in [0.1, 0.15) is 6.04 Å². The van der Waals surface area contributed by atoms with Crippen LogP contribution in [0, 0.1) is 6.92 Å². The Balaban J connectivity index is 1.07. The van der Waals surface area contributed by atoms with E-state index in [9.17, 15) is 23.4 Å². The zero-order valence-corrected chi connectivity index (χ0v) is 33.0. The highest BCUT2D eigenvalue weighted by atomic mass is 32.2. The van der Waals surface area contributed by atoms with Gasteiger partial charge in [0, 0.05) is 31.1 Å². The summed E-state index contributed by atoms with van der Waals surface area (Å²) in [5, 5.41) is 22.6. The number of nitrogens with zero attached hydrogens (tertiary/aromatic N) is 1. The highest BCUT2D eigenvalue weighted by molar-refractivity contribution is 7.89. The first-order valence-electron chi connectivity index (χ1n) is 19.6. The number of hydrogen-bond acceptors (Lipinski definition) is 8. The van der Waals surface area contributed by atoms with E-state index in [-0.39, 0.29) is 49.3 Å². The van der Waals surface area contributed by atoms with Crippen LogP contribution in [0.1, 0.15) is 65.0 Å². The van der Waals surface area contributed by atoms with Crippen LogP contribution in [-0.4, -0.2) is 67.3 Å². The molecule has 0 spiro atoms. The summed E-state index contributed by atoms with van der Waals surface area (Å²) in [5.74, 6) is -0.430. The predicted molar refractivity (Wildman–Crippen MR) is 219 cm³/mol. The zero-order chi connectivity index (χ0) is 39.8. The molecule has 5 aromatic rings. The van der Waals surface area contributed by atoms with Crippen LogP contribution in [0.2, 0.25) is 0 Å². The standard InChI is InChI=1S/C46H51N3O7S/c1-32-13-23-41(24-14-32)57(53,54)48-43(26-33-8-3-2-4-9-33)45(52)47-28-38-10-5-6-12-42(38)35-19-21-37(22-20-35)46-55-40(29-49-25-7-11-39(49)31-51)27-44(56-46)36-17-15-34(30-50)16-18-36/h2-6,8-10,12-24,39-40,43-44,46,48,50-51H,7,11,25-31H2,1H3,(H,47,52)/t39-,40-,43+,44+,46+/m0/s1. The maximum atomic E-state index is 13.8. The second-order valence-electron chi connectivity index (χ2n) is 15.0. The topological polar surface area (TPSA) is 137 Å². The third-order valence-corrected chi connectivity index (χ3v) is 12.4. The Bertz CT molecular complexity index is 2180. The zero-order valence-electron chi connectivity index (χ0n) is 32.2. The van der Waals surface area contributed by atoms with Crippen LogP contribution in [0.25, 0.3) is 11.1 Å². The number of ether oxygens (including phenoxy) is 2. The summed E-state index contributed by atoms with van der Waals surface area (Å²) in [6.07, 6.45) is 1.93. The summed E-state index contributed by atoms with van der Waals surface area (Å²) >= 11 is 0. The number of rotatable bonds is 15. The Hall–Kier alpha value is -4.72. The number of carbonyl (C=O) groups excluding carboxylic acids is 1. The third-order valence-electron chi connectivity index (χ3n) is 11.0. The number of sulfonamides is 1. The molecular weight excluding hydrogens is 739 g/mol. The van der Waals surface area contributed by atoms with Gasteiger partial charge in [-0.15, -0.1) is 0 Å². The molecule has 0 aromatic heterocycles. The molecule has 4 N–H and O–H groups in total. The molecule has 0 aliphatic carbocycles. The van der Waals surface area contributed by atoms with Crippen LogP contribution in [0.3, 0.4) is 0 Å². The summed E-state index contributed by atoms with van der Waals surface area (Å²) in [4.78, 5) is 16.2. The summed E-state index contributed by atoms with van der Waals surface area (Å²) in [6, 6.07) is 38.7. The van der Waals surface area contributed by atoms with E-state index >= 15 is 0 Å². The smallest absolute Gasteiger partial charge is 0.241 e. The van der Waals surface area contributed by atoms with Crippen molar-refractivity contribution >= 4 is 15.9 Å². The molecule has 2 fully saturated rings. The van der Waals surface area contributed by atoms with Crippen molar-refractivity contribution in [2.24, 2.45) is 0 Å². The van der Waals surface area contributed by atoms with Gasteiger partial charge in [0.2, 0.25) is 15.9 Å². The van der Waals surface area contributed by atoms with Crippen LogP contribution >= 0.6 is 0 Å². The number of aryl methyl sites for hydroxylation is 1. The number of likely N-dealkylation sites (tertiary alicyclic amines) is 1. The number of benzene rings is 5. The Morgan fingerprint density at radius 1 is 0.825 bits per heavy atom. The van der Waals surface area contributed by atoms with Crippen molar-refractivity contribution in [2.45, 2.75) is 81.2 Å².